The number of carbonyl (C=O) groups excluding carboxylic acids is 1. The smallest absolute Gasteiger partial charge is 0.326 e. The van der Waals surface area contributed by atoms with E-state index < -0.39 is 0 Å². The first-order valence-electron chi connectivity index (χ1n) is 8.29. The number of aromatic nitrogens is 2. The number of hydrogen-bond donors (Lipinski definition) is 1. The van der Waals surface area contributed by atoms with Gasteiger partial charge in [-0.15, -0.1) is 0 Å². The van der Waals surface area contributed by atoms with Crippen molar-refractivity contribution in [3.05, 3.63) is 33.7 Å². The van der Waals surface area contributed by atoms with Gasteiger partial charge in [-0.1, -0.05) is 11.6 Å². The highest BCUT2D eigenvalue weighted by atomic mass is 35.5. The van der Waals surface area contributed by atoms with Gasteiger partial charge in [0.1, 0.15) is 0 Å². The Morgan fingerprint density at radius 3 is 2.75 bits per heavy atom. The molecule has 24 heavy (non-hydrogen) atoms. The van der Waals surface area contributed by atoms with Crippen LogP contribution >= 0.6 is 11.6 Å². The Kier molecular flexibility index (Phi) is 4.96. The second kappa shape index (κ2) is 6.99. The normalized spacial score (nSPS) is 16.6. The topological polar surface area (TPSA) is 61.3 Å². The molecule has 0 atom stereocenters. The number of imidazole rings is 1. The highest BCUT2D eigenvalue weighted by Crippen LogP contribution is 2.26. The predicted octanol–water partition coefficient (Wildman–Crippen LogP) is 2.10. The number of likely N-dealkylation sites (tertiary alicyclic amines) is 1. The summed E-state index contributed by atoms with van der Waals surface area (Å²) in [5.74, 6) is 0.0916. The van der Waals surface area contributed by atoms with Gasteiger partial charge in [-0.05, 0) is 31.0 Å². The maximum absolute atomic E-state index is 12.3. The zero-order valence-corrected chi connectivity index (χ0v) is 14.8. The molecule has 0 unspecified atom stereocenters. The van der Waals surface area contributed by atoms with Crippen LogP contribution in [-0.2, 0) is 4.79 Å². The summed E-state index contributed by atoms with van der Waals surface area (Å²) in [5, 5.41) is 0.625. The second-order valence-electron chi connectivity index (χ2n) is 6.48. The van der Waals surface area contributed by atoms with Gasteiger partial charge < -0.3 is 14.8 Å². The molecule has 0 saturated carbocycles. The van der Waals surface area contributed by atoms with Gasteiger partial charge in [0.05, 0.1) is 11.0 Å². The number of hydrogen-bond acceptors (Lipinski definition) is 3. The Morgan fingerprint density at radius 1 is 1.38 bits per heavy atom. The van der Waals surface area contributed by atoms with E-state index in [1.807, 2.05) is 23.7 Å². The van der Waals surface area contributed by atoms with Crippen LogP contribution in [0.5, 0.6) is 0 Å². The molecule has 6 nitrogen and oxygen atoms in total. The minimum absolute atomic E-state index is 0.0676. The fraction of sp³-hybridized carbons (Fsp3) is 0.529. The standard InChI is InChI=1S/C17H23ClN4O2/c1-12(23)20(2)9-10-21-7-5-14(6-8-21)22-16-4-3-13(18)11-15(16)19-17(22)24/h3-4,11,14H,5-10H2,1-2H3,(H,19,24). The van der Waals surface area contributed by atoms with Crippen LogP contribution in [0.4, 0.5) is 0 Å². The number of nitrogens with one attached hydrogen (secondary N) is 1. The first kappa shape index (κ1) is 17.0. The van der Waals surface area contributed by atoms with Crippen molar-refractivity contribution in [2.75, 3.05) is 33.2 Å². The third kappa shape index (κ3) is 3.49. The summed E-state index contributed by atoms with van der Waals surface area (Å²) in [5.41, 5.74) is 1.64. The van der Waals surface area contributed by atoms with E-state index in [9.17, 15) is 9.59 Å². The molecule has 1 aromatic heterocycles. The van der Waals surface area contributed by atoms with E-state index in [1.165, 1.54) is 0 Å². The summed E-state index contributed by atoms with van der Waals surface area (Å²) in [7, 11) is 1.83. The van der Waals surface area contributed by atoms with Gasteiger partial charge >= 0.3 is 5.69 Å². The van der Waals surface area contributed by atoms with E-state index in [1.54, 1.807) is 17.9 Å². The van der Waals surface area contributed by atoms with Crippen molar-refractivity contribution >= 4 is 28.5 Å². The van der Waals surface area contributed by atoms with Crippen molar-refractivity contribution in [1.82, 2.24) is 19.4 Å². The van der Waals surface area contributed by atoms with E-state index in [2.05, 4.69) is 9.88 Å². The molecule has 0 radical (unpaired) electrons. The zero-order valence-electron chi connectivity index (χ0n) is 14.1. The number of carbonyl (C=O) groups is 1. The summed E-state index contributed by atoms with van der Waals surface area (Å²) in [4.78, 5) is 30.6. The average molecular weight is 351 g/mol. The Morgan fingerprint density at radius 2 is 2.08 bits per heavy atom. The number of amides is 1. The highest BCUT2D eigenvalue weighted by molar-refractivity contribution is 6.31. The van der Waals surface area contributed by atoms with Crippen molar-refractivity contribution in [3.8, 4) is 0 Å². The van der Waals surface area contributed by atoms with Crippen LogP contribution < -0.4 is 5.69 Å². The molecule has 2 aromatic rings. The summed E-state index contributed by atoms with van der Waals surface area (Å²) < 4.78 is 1.87. The third-order valence-corrected chi connectivity index (χ3v) is 5.13. The van der Waals surface area contributed by atoms with Gasteiger partial charge in [-0.3, -0.25) is 9.36 Å². The second-order valence-corrected chi connectivity index (χ2v) is 6.91. The largest absolute Gasteiger partial charge is 0.345 e. The number of aromatic amines is 1. The molecule has 0 aliphatic carbocycles. The van der Waals surface area contributed by atoms with Crippen molar-refractivity contribution in [2.24, 2.45) is 0 Å². The molecular formula is C17H23ClN4O2. The van der Waals surface area contributed by atoms with E-state index in [-0.39, 0.29) is 17.6 Å². The monoisotopic (exact) mass is 350 g/mol. The Labute approximate surface area is 146 Å². The van der Waals surface area contributed by atoms with E-state index in [4.69, 9.17) is 11.6 Å². The maximum Gasteiger partial charge on any atom is 0.326 e. The first-order chi connectivity index (χ1) is 11.5. The molecule has 1 saturated heterocycles. The molecule has 3 rings (SSSR count). The minimum Gasteiger partial charge on any atom is -0.345 e. The number of fused-ring (bicyclic) bond motifs is 1. The van der Waals surface area contributed by atoms with Gasteiger partial charge in [0.25, 0.3) is 0 Å². The van der Waals surface area contributed by atoms with Crippen LogP contribution in [-0.4, -0.2) is 58.5 Å². The van der Waals surface area contributed by atoms with Gasteiger partial charge in [-0.25, -0.2) is 4.79 Å². The molecule has 7 heteroatoms. The number of piperidine rings is 1. The summed E-state index contributed by atoms with van der Waals surface area (Å²) >= 11 is 6.00. The van der Waals surface area contributed by atoms with Crippen LogP contribution in [0.1, 0.15) is 25.8 Å². The minimum atomic E-state index is -0.0676. The molecule has 2 heterocycles. The third-order valence-electron chi connectivity index (χ3n) is 4.89. The SMILES string of the molecule is CC(=O)N(C)CCN1CCC(n2c(=O)[nH]c3cc(Cl)ccc32)CC1. The number of nitrogens with zero attached hydrogens (tertiary/aromatic N) is 3. The van der Waals surface area contributed by atoms with Crippen LogP contribution in [0.25, 0.3) is 11.0 Å². The zero-order chi connectivity index (χ0) is 17.3. The molecule has 1 aromatic carbocycles. The van der Waals surface area contributed by atoms with Crippen LogP contribution in [0.15, 0.2) is 23.0 Å². The molecule has 1 aliphatic rings. The van der Waals surface area contributed by atoms with E-state index in [0.29, 0.717) is 5.02 Å². The number of rotatable bonds is 4. The summed E-state index contributed by atoms with van der Waals surface area (Å²) in [6.07, 6.45) is 1.86. The number of H-pyrrole nitrogens is 1. The fourth-order valence-electron chi connectivity index (χ4n) is 3.32. The van der Waals surface area contributed by atoms with Crippen molar-refractivity contribution < 1.29 is 4.79 Å². The van der Waals surface area contributed by atoms with E-state index in [0.717, 1.165) is 50.1 Å². The van der Waals surface area contributed by atoms with Gasteiger partial charge in [-0.2, -0.15) is 0 Å². The van der Waals surface area contributed by atoms with Crippen molar-refractivity contribution in [3.63, 3.8) is 0 Å². The van der Waals surface area contributed by atoms with Crippen LogP contribution in [0.3, 0.4) is 0 Å². The lowest BCUT2D eigenvalue weighted by molar-refractivity contribution is -0.127. The summed E-state index contributed by atoms with van der Waals surface area (Å²) in [6, 6.07) is 5.72. The molecule has 1 amide bonds. The van der Waals surface area contributed by atoms with Crippen LogP contribution in [0.2, 0.25) is 5.02 Å². The van der Waals surface area contributed by atoms with Crippen LogP contribution in [0, 0.1) is 0 Å². The fourth-order valence-corrected chi connectivity index (χ4v) is 3.49. The molecule has 130 valence electrons. The highest BCUT2D eigenvalue weighted by Gasteiger charge is 2.23. The Hall–Kier alpha value is -1.79. The Balaban J connectivity index is 1.66. The quantitative estimate of drug-likeness (QED) is 0.918. The maximum atomic E-state index is 12.3. The number of benzene rings is 1. The van der Waals surface area contributed by atoms with E-state index >= 15 is 0 Å². The van der Waals surface area contributed by atoms with Gasteiger partial charge in [0.15, 0.2) is 0 Å². The molecule has 0 spiro atoms. The molecule has 1 fully saturated rings. The first-order valence-corrected chi connectivity index (χ1v) is 8.67. The average Bonchev–Trinajstić information content (AvgIpc) is 2.87. The summed E-state index contributed by atoms with van der Waals surface area (Å²) in [6.45, 7) is 5.07. The lowest BCUT2D eigenvalue weighted by Gasteiger charge is -2.33. The molecule has 1 N–H and O–H groups in total. The molecule has 1 aliphatic heterocycles. The number of halogens is 1. The molecular weight excluding hydrogens is 328 g/mol. The number of likely N-dealkylation sites (N-methyl/N-ethyl adjacent to an activating group) is 1. The lowest BCUT2D eigenvalue weighted by atomic mass is 10.0. The predicted molar refractivity (Wildman–Crippen MR) is 95.6 cm³/mol. The van der Waals surface area contributed by atoms with Gasteiger partial charge in [0, 0.05) is 51.2 Å². The van der Waals surface area contributed by atoms with Crippen molar-refractivity contribution in [2.45, 2.75) is 25.8 Å². The Bertz CT molecular complexity index is 789. The lowest BCUT2D eigenvalue weighted by Crippen LogP contribution is -2.41. The molecule has 0 bridgehead atoms. The van der Waals surface area contributed by atoms with Crippen molar-refractivity contribution in [1.29, 1.82) is 0 Å². The van der Waals surface area contributed by atoms with Gasteiger partial charge in [0.2, 0.25) is 5.91 Å².